The van der Waals surface area contributed by atoms with Crippen LogP contribution >= 0.6 is 11.8 Å². The molecule has 4 aliphatic rings. The second kappa shape index (κ2) is 5.82. The second-order valence-electron chi connectivity index (χ2n) is 7.88. The maximum atomic E-state index is 12.8. The summed E-state index contributed by atoms with van der Waals surface area (Å²) >= 11 is 1.77. The van der Waals surface area contributed by atoms with Gasteiger partial charge in [0.15, 0.2) is 0 Å². The van der Waals surface area contributed by atoms with Gasteiger partial charge in [-0.25, -0.2) is 0 Å². The van der Waals surface area contributed by atoms with E-state index in [4.69, 9.17) is 0 Å². The maximum absolute atomic E-state index is 12.8. The lowest BCUT2D eigenvalue weighted by Gasteiger charge is -2.59. The minimum absolute atomic E-state index is 0.193. The number of amides is 1. The number of thioether (sulfide) groups is 1. The van der Waals surface area contributed by atoms with Crippen molar-refractivity contribution in [3.8, 4) is 0 Å². The summed E-state index contributed by atoms with van der Waals surface area (Å²) in [5.41, 5.74) is -0.837. The van der Waals surface area contributed by atoms with E-state index in [1.165, 1.54) is 11.3 Å². The normalized spacial score (nSPS) is 37.8. The van der Waals surface area contributed by atoms with Crippen LogP contribution in [0.25, 0.3) is 0 Å². The van der Waals surface area contributed by atoms with E-state index in [-0.39, 0.29) is 11.3 Å². The van der Waals surface area contributed by atoms with Crippen molar-refractivity contribution in [3.05, 3.63) is 30.3 Å². The highest BCUT2D eigenvalue weighted by Gasteiger charge is 2.59. The topological polar surface area (TPSA) is 49.3 Å². The maximum Gasteiger partial charge on any atom is 0.226 e. The van der Waals surface area contributed by atoms with Gasteiger partial charge in [0.1, 0.15) is 0 Å². The zero-order valence-corrected chi connectivity index (χ0v) is 14.3. The van der Waals surface area contributed by atoms with E-state index in [1.807, 2.05) is 18.2 Å². The van der Waals surface area contributed by atoms with Crippen LogP contribution in [-0.2, 0) is 4.79 Å². The average molecular weight is 331 g/mol. The summed E-state index contributed by atoms with van der Waals surface area (Å²) in [7, 11) is 0. The molecule has 1 amide bonds. The molecule has 0 heterocycles. The number of aliphatic hydroxyl groups is 1. The van der Waals surface area contributed by atoms with E-state index >= 15 is 0 Å². The minimum atomic E-state index is -0.555. The number of rotatable bonds is 5. The summed E-state index contributed by atoms with van der Waals surface area (Å²) in [6.07, 6.45) is 5.73. The molecule has 5 rings (SSSR count). The Kier molecular flexibility index (Phi) is 3.93. The quantitative estimate of drug-likeness (QED) is 0.643. The van der Waals surface area contributed by atoms with Crippen molar-refractivity contribution in [3.63, 3.8) is 0 Å². The molecular weight excluding hydrogens is 306 g/mol. The van der Waals surface area contributed by atoms with Crippen molar-refractivity contribution < 1.29 is 9.90 Å². The number of hydrogen-bond donors (Lipinski definition) is 2. The molecule has 4 saturated carbocycles. The van der Waals surface area contributed by atoms with Crippen molar-refractivity contribution in [2.75, 3.05) is 12.3 Å². The fourth-order valence-electron chi connectivity index (χ4n) is 5.52. The first kappa shape index (κ1) is 15.5. The lowest BCUT2D eigenvalue weighted by Crippen LogP contribution is -2.60. The third-order valence-corrected chi connectivity index (χ3v) is 6.93. The molecule has 3 nitrogen and oxygen atoms in total. The predicted molar refractivity (Wildman–Crippen MR) is 92.2 cm³/mol. The first-order valence-electron chi connectivity index (χ1n) is 8.76. The van der Waals surface area contributed by atoms with Gasteiger partial charge in [0.25, 0.3) is 0 Å². The van der Waals surface area contributed by atoms with Crippen molar-refractivity contribution in [2.45, 2.75) is 49.0 Å². The Balaban J connectivity index is 1.32. The summed E-state index contributed by atoms with van der Waals surface area (Å²) in [5, 5.41) is 13.9. The molecule has 23 heavy (non-hydrogen) atoms. The van der Waals surface area contributed by atoms with Crippen LogP contribution in [0.2, 0.25) is 0 Å². The van der Waals surface area contributed by atoms with Crippen molar-refractivity contribution in [2.24, 2.45) is 17.3 Å². The molecule has 4 bridgehead atoms. The number of carbonyl (C=O) groups excluding carboxylic acids is 1. The van der Waals surface area contributed by atoms with E-state index in [2.05, 4.69) is 17.4 Å². The van der Waals surface area contributed by atoms with Gasteiger partial charge < -0.3 is 10.4 Å². The summed E-state index contributed by atoms with van der Waals surface area (Å²) in [6.45, 7) is 0.702. The molecule has 2 atom stereocenters. The Morgan fingerprint density at radius 3 is 2.52 bits per heavy atom. The van der Waals surface area contributed by atoms with Crippen LogP contribution in [0.1, 0.15) is 38.5 Å². The highest BCUT2D eigenvalue weighted by Crippen LogP contribution is 2.61. The van der Waals surface area contributed by atoms with Crippen LogP contribution in [0.3, 0.4) is 0 Å². The monoisotopic (exact) mass is 331 g/mol. The molecule has 4 fully saturated rings. The van der Waals surface area contributed by atoms with Crippen LogP contribution < -0.4 is 5.32 Å². The van der Waals surface area contributed by atoms with E-state index in [1.54, 1.807) is 11.8 Å². The fourth-order valence-corrected chi connectivity index (χ4v) is 6.31. The van der Waals surface area contributed by atoms with E-state index in [9.17, 15) is 9.90 Å². The second-order valence-corrected chi connectivity index (χ2v) is 9.05. The third-order valence-electron chi connectivity index (χ3n) is 5.91. The van der Waals surface area contributed by atoms with Gasteiger partial charge in [0.2, 0.25) is 5.91 Å². The van der Waals surface area contributed by atoms with Gasteiger partial charge in [-0.2, -0.15) is 0 Å². The Morgan fingerprint density at radius 2 is 1.87 bits per heavy atom. The Labute approximate surface area is 142 Å². The summed E-state index contributed by atoms with van der Waals surface area (Å²) in [5.74, 6) is 2.21. The fraction of sp³-hybridized carbons (Fsp3) is 0.632. The third kappa shape index (κ3) is 3.03. The van der Waals surface area contributed by atoms with Crippen LogP contribution in [0.5, 0.6) is 0 Å². The molecule has 2 N–H and O–H groups in total. The standard InChI is InChI=1S/C19H25NO2S/c21-17(20-6-7-23-16-4-2-1-3-5-16)18-9-14-8-15(10-18)12-19(22,11-14)13-18/h1-5,14-15,22H,6-13H2,(H,20,21)/t14-,15-,18?,19?/m1/s1. The van der Waals surface area contributed by atoms with Crippen LogP contribution in [0, 0.1) is 17.3 Å². The zero-order chi connectivity index (χ0) is 15.9. The first-order chi connectivity index (χ1) is 11.1. The summed E-state index contributed by atoms with van der Waals surface area (Å²) in [6, 6.07) is 10.3. The number of nitrogens with one attached hydrogen (secondary N) is 1. The molecule has 0 aromatic heterocycles. The molecule has 124 valence electrons. The molecule has 4 heteroatoms. The smallest absolute Gasteiger partial charge is 0.226 e. The summed E-state index contributed by atoms with van der Waals surface area (Å²) in [4.78, 5) is 14.1. The van der Waals surface area contributed by atoms with Crippen LogP contribution in [0.15, 0.2) is 35.2 Å². The largest absolute Gasteiger partial charge is 0.390 e. The first-order valence-corrected chi connectivity index (χ1v) is 9.74. The van der Waals surface area contributed by atoms with Gasteiger partial charge in [-0.05, 0) is 62.5 Å². The summed E-state index contributed by atoms with van der Waals surface area (Å²) < 4.78 is 0. The molecule has 1 aromatic carbocycles. The van der Waals surface area contributed by atoms with E-state index in [0.29, 0.717) is 24.8 Å². The number of carbonyl (C=O) groups is 1. The Morgan fingerprint density at radius 1 is 1.17 bits per heavy atom. The highest BCUT2D eigenvalue weighted by atomic mass is 32.2. The molecular formula is C19H25NO2S. The van der Waals surface area contributed by atoms with Crippen LogP contribution in [0.4, 0.5) is 0 Å². The van der Waals surface area contributed by atoms with Gasteiger partial charge in [0, 0.05) is 17.2 Å². The average Bonchev–Trinajstić information content (AvgIpc) is 2.50. The Hall–Kier alpha value is -1.00. The molecule has 0 unspecified atom stereocenters. The predicted octanol–water partition coefficient (Wildman–Crippen LogP) is 3.23. The van der Waals surface area contributed by atoms with E-state index in [0.717, 1.165) is 31.4 Å². The molecule has 0 spiro atoms. The van der Waals surface area contributed by atoms with Gasteiger partial charge >= 0.3 is 0 Å². The van der Waals surface area contributed by atoms with Crippen molar-refractivity contribution >= 4 is 17.7 Å². The number of hydrogen-bond acceptors (Lipinski definition) is 3. The lowest BCUT2D eigenvalue weighted by atomic mass is 9.47. The molecule has 0 saturated heterocycles. The van der Waals surface area contributed by atoms with Crippen molar-refractivity contribution in [1.82, 2.24) is 5.32 Å². The van der Waals surface area contributed by atoms with Crippen molar-refractivity contribution in [1.29, 1.82) is 0 Å². The Bertz CT molecular complexity index is 574. The highest BCUT2D eigenvalue weighted by molar-refractivity contribution is 7.99. The molecule has 1 aromatic rings. The van der Waals surface area contributed by atoms with Gasteiger partial charge in [-0.3, -0.25) is 4.79 Å². The molecule has 4 aliphatic carbocycles. The van der Waals surface area contributed by atoms with E-state index < -0.39 is 5.60 Å². The van der Waals surface area contributed by atoms with Crippen LogP contribution in [-0.4, -0.2) is 28.9 Å². The lowest BCUT2D eigenvalue weighted by molar-refractivity contribution is -0.178. The SMILES string of the molecule is O=C(NCCSc1ccccc1)C12C[C@H]3C[C@@H](CC(O)(C3)C1)C2. The minimum Gasteiger partial charge on any atom is -0.390 e. The van der Waals surface area contributed by atoms with Gasteiger partial charge in [0.05, 0.1) is 11.0 Å². The number of benzene rings is 1. The zero-order valence-electron chi connectivity index (χ0n) is 13.5. The molecule has 0 aliphatic heterocycles. The van der Waals surface area contributed by atoms with Gasteiger partial charge in [-0.1, -0.05) is 18.2 Å². The van der Waals surface area contributed by atoms with Gasteiger partial charge in [-0.15, -0.1) is 11.8 Å². The molecule has 0 radical (unpaired) electrons.